The van der Waals surface area contributed by atoms with E-state index in [0.29, 0.717) is 11.7 Å². The van der Waals surface area contributed by atoms with Gasteiger partial charge in [0, 0.05) is 25.1 Å². The van der Waals surface area contributed by atoms with E-state index >= 15 is 0 Å². The number of aryl methyl sites for hydroxylation is 1. The van der Waals surface area contributed by atoms with Crippen LogP contribution in [0.15, 0.2) is 24.3 Å². The molecular formula is C14H19NO. The quantitative estimate of drug-likeness (QED) is 0.842. The average Bonchev–Trinajstić information content (AvgIpc) is 2.28. The molecule has 16 heavy (non-hydrogen) atoms. The number of Topliss-reactive ketones (excluding diaryl/α,β-unsaturated/α-hetero) is 1. The minimum Gasteiger partial charge on any atom is -0.385 e. The van der Waals surface area contributed by atoms with Crippen molar-refractivity contribution in [1.82, 2.24) is 0 Å². The second-order valence-electron chi connectivity index (χ2n) is 4.70. The number of rotatable bonds is 3. The van der Waals surface area contributed by atoms with Crippen LogP contribution in [0.4, 0.5) is 5.69 Å². The number of hydrogen-bond donors (Lipinski definition) is 1. The van der Waals surface area contributed by atoms with Crippen LogP contribution in [0.3, 0.4) is 0 Å². The molecule has 2 heteroatoms. The fourth-order valence-corrected chi connectivity index (χ4v) is 2.31. The lowest BCUT2D eigenvalue weighted by Crippen LogP contribution is -2.22. The van der Waals surface area contributed by atoms with Crippen LogP contribution in [0.5, 0.6) is 0 Å². The second kappa shape index (κ2) is 5.15. The van der Waals surface area contributed by atoms with Crippen molar-refractivity contribution in [2.24, 2.45) is 5.92 Å². The zero-order valence-electron chi connectivity index (χ0n) is 9.83. The number of anilines is 1. The molecule has 1 aliphatic rings. The molecule has 1 aromatic rings. The molecule has 2 nitrogen and oxygen atoms in total. The first-order valence-corrected chi connectivity index (χ1v) is 6.07. The second-order valence-corrected chi connectivity index (χ2v) is 4.70. The number of carbonyl (C=O) groups is 1. The highest BCUT2D eigenvalue weighted by atomic mass is 16.1. The van der Waals surface area contributed by atoms with Gasteiger partial charge in [0.2, 0.25) is 0 Å². The first kappa shape index (κ1) is 11.2. The lowest BCUT2D eigenvalue weighted by atomic mass is 9.88. The van der Waals surface area contributed by atoms with Gasteiger partial charge in [0.1, 0.15) is 5.78 Å². The molecule has 0 bridgehead atoms. The number of ketones is 1. The molecule has 1 atom stereocenters. The molecule has 1 aromatic carbocycles. The first-order chi connectivity index (χ1) is 7.75. The molecule has 1 aliphatic carbocycles. The van der Waals surface area contributed by atoms with E-state index in [2.05, 4.69) is 24.4 Å². The monoisotopic (exact) mass is 217 g/mol. The largest absolute Gasteiger partial charge is 0.385 e. The van der Waals surface area contributed by atoms with Crippen molar-refractivity contribution in [3.63, 3.8) is 0 Å². The predicted molar refractivity (Wildman–Crippen MR) is 66.6 cm³/mol. The van der Waals surface area contributed by atoms with Crippen LogP contribution in [0.2, 0.25) is 0 Å². The Morgan fingerprint density at radius 2 is 2.19 bits per heavy atom. The third-order valence-corrected chi connectivity index (χ3v) is 3.31. The summed E-state index contributed by atoms with van der Waals surface area (Å²) in [5.41, 5.74) is 2.46. The summed E-state index contributed by atoms with van der Waals surface area (Å²) in [6, 6.07) is 8.29. The van der Waals surface area contributed by atoms with Gasteiger partial charge in [-0.3, -0.25) is 4.79 Å². The highest BCUT2D eigenvalue weighted by Gasteiger charge is 2.18. The molecule has 0 saturated heterocycles. The van der Waals surface area contributed by atoms with E-state index in [4.69, 9.17) is 0 Å². The van der Waals surface area contributed by atoms with Gasteiger partial charge in [-0.25, -0.2) is 0 Å². The van der Waals surface area contributed by atoms with Gasteiger partial charge in [0.05, 0.1) is 0 Å². The van der Waals surface area contributed by atoms with Gasteiger partial charge in [-0.05, 0) is 37.3 Å². The molecule has 0 spiro atoms. The lowest BCUT2D eigenvalue weighted by Gasteiger charge is -2.22. The number of nitrogens with one attached hydrogen (secondary N) is 1. The van der Waals surface area contributed by atoms with Crippen LogP contribution < -0.4 is 5.32 Å². The van der Waals surface area contributed by atoms with Crippen molar-refractivity contribution in [2.75, 3.05) is 11.9 Å². The van der Waals surface area contributed by atoms with E-state index in [1.807, 2.05) is 12.1 Å². The summed E-state index contributed by atoms with van der Waals surface area (Å²) in [4.78, 5) is 11.3. The third kappa shape index (κ3) is 2.84. The molecule has 0 aromatic heterocycles. The van der Waals surface area contributed by atoms with Gasteiger partial charge in [-0.1, -0.05) is 18.2 Å². The minimum atomic E-state index is 0.433. The van der Waals surface area contributed by atoms with Crippen LogP contribution in [0.1, 0.15) is 31.2 Å². The normalized spacial score (nSPS) is 20.8. The number of carbonyl (C=O) groups excluding carboxylic acids is 1. The maximum atomic E-state index is 11.3. The maximum Gasteiger partial charge on any atom is 0.133 e. The zero-order chi connectivity index (χ0) is 11.4. The highest BCUT2D eigenvalue weighted by Crippen LogP contribution is 2.22. The Balaban J connectivity index is 1.87. The van der Waals surface area contributed by atoms with Crippen LogP contribution in [-0.2, 0) is 4.79 Å². The SMILES string of the molecule is Cc1ccccc1NCC1CCCC(=O)C1. The van der Waals surface area contributed by atoms with E-state index < -0.39 is 0 Å². The Morgan fingerprint density at radius 3 is 2.94 bits per heavy atom. The van der Waals surface area contributed by atoms with Crippen molar-refractivity contribution < 1.29 is 4.79 Å². The third-order valence-electron chi connectivity index (χ3n) is 3.31. The van der Waals surface area contributed by atoms with Crippen molar-refractivity contribution >= 4 is 11.5 Å². The summed E-state index contributed by atoms with van der Waals surface area (Å²) in [7, 11) is 0. The molecule has 0 aliphatic heterocycles. The molecule has 0 radical (unpaired) electrons. The highest BCUT2D eigenvalue weighted by molar-refractivity contribution is 5.79. The van der Waals surface area contributed by atoms with Crippen LogP contribution in [-0.4, -0.2) is 12.3 Å². The number of para-hydroxylation sites is 1. The van der Waals surface area contributed by atoms with Crippen molar-refractivity contribution in [2.45, 2.75) is 32.6 Å². The smallest absolute Gasteiger partial charge is 0.133 e. The predicted octanol–water partition coefficient (Wildman–Crippen LogP) is 3.17. The molecule has 1 saturated carbocycles. The van der Waals surface area contributed by atoms with Gasteiger partial charge >= 0.3 is 0 Å². The maximum absolute atomic E-state index is 11.3. The Bertz CT molecular complexity index is 373. The van der Waals surface area contributed by atoms with Crippen LogP contribution in [0, 0.1) is 12.8 Å². The summed E-state index contributed by atoms with van der Waals surface area (Å²) in [6.07, 6.45) is 3.81. The Kier molecular flexibility index (Phi) is 3.60. The molecule has 1 unspecified atom stereocenters. The summed E-state index contributed by atoms with van der Waals surface area (Å²) in [5, 5.41) is 3.45. The molecular weight excluding hydrogens is 198 g/mol. The van der Waals surface area contributed by atoms with Crippen LogP contribution >= 0.6 is 0 Å². The van der Waals surface area contributed by atoms with Gasteiger partial charge in [0.15, 0.2) is 0 Å². The van der Waals surface area contributed by atoms with E-state index in [9.17, 15) is 4.79 Å². The molecule has 0 amide bonds. The first-order valence-electron chi connectivity index (χ1n) is 6.07. The Morgan fingerprint density at radius 1 is 1.38 bits per heavy atom. The summed E-state index contributed by atoms with van der Waals surface area (Å²) < 4.78 is 0. The summed E-state index contributed by atoms with van der Waals surface area (Å²) in [6.45, 7) is 3.03. The molecule has 86 valence electrons. The van der Waals surface area contributed by atoms with E-state index in [0.717, 1.165) is 25.8 Å². The fraction of sp³-hybridized carbons (Fsp3) is 0.500. The van der Waals surface area contributed by atoms with Crippen molar-refractivity contribution in [3.8, 4) is 0 Å². The fourth-order valence-electron chi connectivity index (χ4n) is 2.31. The lowest BCUT2D eigenvalue weighted by molar-refractivity contribution is -0.121. The summed E-state index contributed by atoms with van der Waals surface area (Å²) >= 11 is 0. The average molecular weight is 217 g/mol. The van der Waals surface area contributed by atoms with Crippen LogP contribution in [0.25, 0.3) is 0 Å². The standard InChI is InChI=1S/C14H19NO/c1-11-5-2-3-8-14(11)15-10-12-6-4-7-13(16)9-12/h2-3,5,8,12,15H,4,6-7,9-10H2,1H3. The molecule has 1 fully saturated rings. The Hall–Kier alpha value is -1.31. The topological polar surface area (TPSA) is 29.1 Å². The van der Waals surface area contributed by atoms with Crippen molar-refractivity contribution in [1.29, 1.82) is 0 Å². The molecule has 1 N–H and O–H groups in total. The summed E-state index contributed by atoms with van der Waals surface area (Å²) in [5.74, 6) is 0.962. The van der Waals surface area contributed by atoms with E-state index in [1.54, 1.807) is 0 Å². The minimum absolute atomic E-state index is 0.433. The Labute approximate surface area is 97.1 Å². The van der Waals surface area contributed by atoms with Gasteiger partial charge in [-0.2, -0.15) is 0 Å². The van der Waals surface area contributed by atoms with Gasteiger partial charge in [-0.15, -0.1) is 0 Å². The molecule has 0 heterocycles. The number of benzene rings is 1. The number of hydrogen-bond acceptors (Lipinski definition) is 2. The van der Waals surface area contributed by atoms with Gasteiger partial charge < -0.3 is 5.32 Å². The molecule has 2 rings (SSSR count). The zero-order valence-corrected chi connectivity index (χ0v) is 9.83. The van der Waals surface area contributed by atoms with E-state index in [-0.39, 0.29) is 0 Å². The van der Waals surface area contributed by atoms with E-state index in [1.165, 1.54) is 17.7 Å². The van der Waals surface area contributed by atoms with Crippen molar-refractivity contribution in [3.05, 3.63) is 29.8 Å². The van der Waals surface area contributed by atoms with Gasteiger partial charge in [0.25, 0.3) is 0 Å².